The number of aliphatic carboxylic acids is 1. The lowest BCUT2D eigenvalue weighted by Gasteiger charge is -2.23. The van der Waals surface area contributed by atoms with E-state index in [0.717, 1.165) is 0 Å². The highest BCUT2D eigenvalue weighted by atomic mass is 32.2. The standard InChI is InChI=1S/C13H17NO6S/c1-2-20-10-3-5-11(6-4-10)21(17,18)14-13(12(15)16)7-8-19-9-13/h3-6,14H,2,7-9H2,1H3,(H,15,16). The van der Waals surface area contributed by atoms with Gasteiger partial charge in [0.25, 0.3) is 0 Å². The molecule has 1 aromatic rings. The molecule has 116 valence electrons. The molecule has 1 aliphatic heterocycles. The van der Waals surface area contributed by atoms with E-state index in [0.29, 0.717) is 12.4 Å². The molecule has 21 heavy (non-hydrogen) atoms. The third kappa shape index (κ3) is 3.34. The zero-order chi connectivity index (χ0) is 15.5. The molecular formula is C13H17NO6S. The molecule has 0 amide bonds. The molecule has 1 saturated heterocycles. The van der Waals surface area contributed by atoms with Crippen molar-refractivity contribution in [3.8, 4) is 5.75 Å². The van der Waals surface area contributed by atoms with E-state index < -0.39 is 21.5 Å². The van der Waals surface area contributed by atoms with Crippen LogP contribution in [0.25, 0.3) is 0 Å². The van der Waals surface area contributed by atoms with Gasteiger partial charge in [0, 0.05) is 13.0 Å². The smallest absolute Gasteiger partial charge is 0.327 e. The molecule has 0 bridgehead atoms. The van der Waals surface area contributed by atoms with Crippen LogP contribution in [0.3, 0.4) is 0 Å². The minimum atomic E-state index is -3.95. The third-order valence-corrected chi connectivity index (χ3v) is 4.76. The molecule has 0 aromatic heterocycles. The van der Waals surface area contributed by atoms with Gasteiger partial charge >= 0.3 is 5.97 Å². The van der Waals surface area contributed by atoms with E-state index in [4.69, 9.17) is 9.47 Å². The maximum atomic E-state index is 12.3. The van der Waals surface area contributed by atoms with E-state index >= 15 is 0 Å². The van der Waals surface area contributed by atoms with Crippen molar-refractivity contribution in [3.63, 3.8) is 0 Å². The average Bonchev–Trinajstić information content (AvgIpc) is 2.89. The van der Waals surface area contributed by atoms with Crippen molar-refractivity contribution >= 4 is 16.0 Å². The van der Waals surface area contributed by atoms with Crippen LogP contribution < -0.4 is 9.46 Å². The molecule has 7 nitrogen and oxygen atoms in total. The van der Waals surface area contributed by atoms with Gasteiger partial charge in [-0.05, 0) is 31.2 Å². The summed E-state index contributed by atoms with van der Waals surface area (Å²) >= 11 is 0. The first-order valence-electron chi connectivity index (χ1n) is 6.48. The van der Waals surface area contributed by atoms with Crippen molar-refractivity contribution in [1.82, 2.24) is 4.72 Å². The molecule has 0 aliphatic carbocycles. The van der Waals surface area contributed by atoms with Gasteiger partial charge < -0.3 is 14.6 Å². The Hall–Kier alpha value is -1.64. The quantitative estimate of drug-likeness (QED) is 0.797. The van der Waals surface area contributed by atoms with Gasteiger partial charge in [-0.3, -0.25) is 4.79 Å². The predicted molar refractivity (Wildman–Crippen MR) is 73.7 cm³/mol. The van der Waals surface area contributed by atoms with Crippen molar-refractivity contribution < 1.29 is 27.8 Å². The van der Waals surface area contributed by atoms with Gasteiger partial charge in [0.15, 0.2) is 5.54 Å². The first kappa shape index (κ1) is 15.7. The lowest BCUT2D eigenvalue weighted by Crippen LogP contribution is -2.54. The van der Waals surface area contributed by atoms with Crippen molar-refractivity contribution in [2.45, 2.75) is 23.8 Å². The number of rotatable bonds is 6. The van der Waals surface area contributed by atoms with Crippen molar-refractivity contribution in [3.05, 3.63) is 24.3 Å². The average molecular weight is 315 g/mol. The summed E-state index contributed by atoms with van der Waals surface area (Å²) < 4.78 is 37.1. The minimum Gasteiger partial charge on any atom is -0.494 e. The third-order valence-electron chi connectivity index (χ3n) is 3.21. The molecule has 1 unspecified atom stereocenters. The van der Waals surface area contributed by atoms with Crippen molar-refractivity contribution in [1.29, 1.82) is 0 Å². The number of ether oxygens (including phenoxy) is 2. The summed E-state index contributed by atoms with van der Waals surface area (Å²) in [7, 11) is -3.95. The highest BCUT2D eigenvalue weighted by Crippen LogP contribution is 2.23. The van der Waals surface area contributed by atoms with E-state index in [1.165, 1.54) is 24.3 Å². The fraction of sp³-hybridized carbons (Fsp3) is 0.462. The van der Waals surface area contributed by atoms with Crippen LogP contribution in [-0.2, 0) is 19.6 Å². The Balaban J connectivity index is 2.23. The van der Waals surface area contributed by atoms with Crippen LogP contribution in [-0.4, -0.2) is 44.9 Å². The van der Waals surface area contributed by atoms with Gasteiger partial charge in [-0.25, -0.2) is 8.42 Å². The maximum absolute atomic E-state index is 12.3. The van der Waals surface area contributed by atoms with Crippen molar-refractivity contribution in [2.24, 2.45) is 0 Å². The van der Waals surface area contributed by atoms with Crippen LogP contribution in [0.1, 0.15) is 13.3 Å². The number of hydrogen-bond donors (Lipinski definition) is 2. The summed E-state index contributed by atoms with van der Waals surface area (Å²) in [5.74, 6) is -0.692. The van der Waals surface area contributed by atoms with E-state index in [1.54, 1.807) is 0 Å². The molecule has 1 heterocycles. The van der Waals surface area contributed by atoms with Gasteiger partial charge in [-0.2, -0.15) is 4.72 Å². The fourth-order valence-electron chi connectivity index (χ4n) is 2.06. The summed E-state index contributed by atoms with van der Waals surface area (Å²) in [6, 6.07) is 5.80. The number of hydrogen-bond acceptors (Lipinski definition) is 5. The zero-order valence-electron chi connectivity index (χ0n) is 11.5. The van der Waals surface area contributed by atoms with Gasteiger partial charge in [0.05, 0.1) is 18.1 Å². The monoisotopic (exact) mass is 315 g/mol. The first-order valence-corrected chi connectivity index (χ1v) is 7.96. The number of carboxylic acid groups (broad SMARTS) is 1. The molecule has 8 heteroatoms. The molecule has 1 fully saturated rings. The second-order valence-electron chi connectivity index (χ2n) is 4.70. The summed E-state index contributed by atoms with van der Waals surface area (Å²) in [6.45, 7) is 2.32. The van der Waals surface area contributed by atoms with E-state index in [9.17, 15) is 18.3 Å². The Morgan fingerprint density at radius 2 is 2.10 bits per heavy atom. The van der Waals surface area contributed by atoms with Crippen LogP contribution in [0.5, 0.6) is 5.75 Å². The normalized spacial score (nSPS) is 22.1. The molecule has 0 radical (unpaired) electrons. The van der Waals surface area contributed by atoms with Crippen molar-refractivity contribution in [2.75, 3.05) is 19.8 Å². The summed E-state index contributed by atoms with van der Waals surface area (Å²) in [6.07, 6.45) is 0.0958. The van der Waals surface area contributed by atoms with Crippen LogP contribution in [0, 0.1) is 0 Å². The van der Waals surface area contributed by atoms with Crippen LogP contribution in [0.4, 0.5) is 0 Å². The zero-order valence-corrected chi connectivity index (χ0v) is 12.4. The first-order chi connectivity index (χ1) is 9.89. The lowest BCUT2D eigenvalue weighted by atomic mass is 10.0. The summed E-state index contributed by atoms with van der Waals surface area (Å²) in [5, 5.41) is 9.26. The molecular weight excluding hydrogens is 298 g/mol. The molecule has 2 rings (SSSR count). The number of benzene rings is 1. The number of sulfonamides is 1. The largest absolute Gasteiger partial charge is 0.494 e. The number of nitrogens with one attached hydrogen (secondary N) is 1. The number of carboxylic acids is 1. The Kier molecular flexibility index (Phi) is 4.50. The van der Waals surface area contributed by atoms with E-state index in [2.05, 4.69) is 4.72 Å². The second-order valence-corrected chi connectivity index (χ2v) is 6.38. The lowest BCUT2D eigenvalue weighted by molar-refractivity contribution is -0.144. The predicted octanol–water partition coefficient (Wildman–Crippen LogP) is 0.607. The molecule has 1 atom stereocenters. The summed E-state index contributed by atoms with van der Waals surface area (Å²) in [5.41, 5.74) is -1.60. The van der Waals surface area contributed by atoms with Gasteiger partial charge in [-0.15, -0.1) is 0 Å². The number of carbonyl (C=O) groups is 1. The molecule has 0 saturated carbocycles. The second kappa shape index (κ2) is 6.00. The van der Waals surface area contributed by atoms with Gasteiger partial charge in [0.1, 0.15) is 5.75 Å². The van der Waals surface area contributed by atoms with E-state index in [-0.39, 0.29) is 24.5 Å². The maximum Gasteiger partial charge on any atom is 0.327 e. The van der Waals surface area contributed by atoms with Crippen LogP contribution >= 0.6 is 0 Å². The highest BCUT2D eigenvalue weighted by molar-refractivity contribution is 7.89. The van der Waals surface area contributed by atoms with Crippen LogP contribution in [0.2, 0.25) is 0 Å². The molecule has 1 aromatic carbocycles. The molecule has 2 N–H and O–H groups in total. The highest BCUT2D eigenvalue weighted by Gasteiger charge is 2.46. The Morgan fingerprint density at radius 1 is 1.43 bits per heavy atom. The van der Waals surface area contributed by atoms with E-state index in [1.807, 2.05) is 6.92 Å². The van der Waals surface area contributed by atoms with Gasteiger partial charge in [0.2, 0.25) is 10.0 Å². The molecule has 1 aliphatic rings. The summed E-state index contributed by atoms with van der Waals surface area (Å²) in [4.78, 5) is 11.3. The van der Waals surface area contributed by atoms with Gasteiger partial charge in [-0.1, -0.05) is 0 Å². The Morgan fingerprint density at radius 3 is 2.57 bits per heavy atom. The van der Waals surface area contributed by atoms with Crippen LogP contribution in [0.15, 0.2) is 29.2 Å². The topological polar surface area (TPSA) is 102 Å². The fourth-order valence-corrected chi connectivity index (χ4v) is 3.43. The molecule has 0 spiro atoms. The minimum absolute atomic E-state index is 0.0153. The Bertz CT molecular complexity index is 604. The SMILES string of the molecule is CCOc1ccc(S(=O)(=O)NC2(C(=O)O)CCOC2)cc1. The Labute approximate surface area is 122 Å².